The fourth-order valence-electron chi connectivity index (χ4n) is 8.02. The zero-order valence-electron chi connectivity index (χ0n) is 29.9. The number of para-hydroxylation sites is 2. The molecule has 1 aliphatic carbocycles. The molecule has 4 aromatic rings. The first-order valence-corrected chi connectivity index (χ1v) is 17.9. The van der Waals surface area contributed by atoms with Crippen molar-refractivity contribution in [2.75, 3.05) is 18.0 Å². The zero-order valence-corrected chi connectivity index (χ0v) is 29.9. The van der Waals surface area contributed by atoms with E-state index in [0.29, 0.717) is 16.0 Å². The maximum Gasteiger partial charge on any atom is 0.209 e. The molecule has 0 bridgehead atoms. The van der Waals surface area contributed by atoms with E-state index < -0.39 is 0 Å². The highest BCUT2D eigenvalue weighted by atomic mass is 16.3. The fourth-order valence-corrected chi connectivity index (χ4v) is 8.02. The number of aliphatic hydroxyl groups excluding tert-OH is 1. The molecule has 0 aromatic heterocycles. The molecule has 50 heavy (non-hydrogen) atoms. The highest BCUT2D eigenvalue weighted by molar-refractivity contribution is 6.37. The van der Waals surface area contributed by atoms with E-state index in [4.69, 9.17) is 0 Å². The Morgan fingerprint density at radius 3 is 2.02 bits per heavy atom. The number of unbranched alkanes of at least 4 members (excludes halogenated alkanes) is 2. The van der Waals surface area contributed by atoms with Crippen LogP contribution in [0.5, 0.6) is 0 Å². The molecule has 7 rings (SSSR count). The number of benzene rings is 3. The first-order chi connectivity index (χ1) is 23.9. The number of ketones is 1. The van der Waals surface area contributed by atoms with Gasteiger partial charge in [0.05, 0.1) is 27.0 Å². The highest BCUT2D eigenvalue weighted by Crippen LogP contribution is 2.49. The van der Waals surface area contributed by atoms with Gasteiger partial charge in [0.2, 0.25) is 22.3 Å². The minimum atomic E-state index is -0.350. The Kier molecular flexibility index (Phi) is 8.25. The van der Waals surface area contributed by atoms with Gasteiger partial charge in [-0.1, -0.05) is 101 Å². The molecular weight excluding hydrogens is 620 g/mol. The standard InChI is InChI=1S/C44H44N2O4/c1-7-9-23-45-33-17-13-11-15-31(33)43(3,4)35(45)25-29-39(47)37(40(29)48)27-19-21-28(22-20-27)38-41(49)30(42(38)50)26-36-44(5,6)32-16-12-14-18-34(32)46(36)24-10-8-2/h11-22,25-26H,7-10,23-24H2,1-6H3/p+1. The van der Waals surface area contributed by atoms with E-state index in [1.807, 2.05) is 30.3 Å². The number of fused-ring (bicyclic) bond motifs is 2. The summed E-state index contributed by atoms with van der Waals surface area (Å²) in [6.07, 6.45) is 7.74. The van der Waals surface area contributed by atoms with Crippen LogP contribution < -0.4 is 26.2 Å². The molecule has 0 atom stereocenters. The molecule has 0 radical (unpaired) electrons. The monoisotopic (exact) mass is 665 g/mol. The van der Waals surface area contributed by atoms with Gasteiger partial charge < -0.3 is 10.0 Å². The van der Waals surface area contributed by atoms with Crippen LogP contribution in [0.3, 0.4) is 0 Å². The molecule has 0 amide bonds. The minimum absolute atomic E-state index is 0.0315. The molecule has 6 nitrogen and oxygen atoms in total. The van der Waals surface area contributed by atoms with Crippen molar-refractivity contribution in [2.45, 2.75) is 78.1 Å². The predicted octanol–water partition coefficient (Wildman–Crippen LogP) is 6.25. The van der Waals surface area contributed by atoms with Crippen molar-refractivity contribution < 1.29 is 14.5 Å². The average molecular weight is 666 g/mol. The second kappa shape index (κ2) is 12.3. The molecule has 4 aromatic carbocycles. The Bertz CT molecular complexity index is 2430. The minimum Gasteiger partial charge on any atom is -0.506 e. The van der Waals surface area contributed by atoms with E-state index in [1.54, 1.807) is 30.3 Å². The molecule has 6 heteroatoms. The predicted molar refractivity (Wildman–Crippen MR) is 201 cm³/mol. The number of aliphatic hydroxyl groups is 1. The smallest absolute Gasteiger partial charge is 0.209 e. The number of hydrogen-bond acceptors (Lipinski definition) is 5. The lowest BCUT2D eigenvalue weighted by Crippen LogP contribution is -2.51. The summed E-state index contributed by atoms with van der Waals surface area (Å²) in [5.74, 6) is -0.251. The molecule has 1 N–H and O–H groups in total. The third-order valence-electron chi connectivity index (χ3n) is 11.0. The van der Waals surface area contributed by atoms with Crippen molar-refractivity contribution in [3.63, 3.8) is 0 Å². The lowest BCUT2D eigenvalue weighted by molar-refractivity contribution is -0.437. The number of hydrogen-bond donors (Lipinski definition) is 1. The van der Waals surface area contributed by atoms with Gasteiger partial charge in [0, 0.05) is 47.5 Å². The van der Waals surface area contributed by atoms with Crippen LogP contribution in [-0.4, -0.2) is 34.3 Å². The number of anilines is 1. The normalized spacial score (nSPS) is 18.3. The second-order valence-electron chi connectivity index (χ2n) is 14.8. The van der Waals surface area contributed by atoms with Crippen molar-refractivity contribution in [3.05, 3.63) is 148 Å². The largest absolute Gasteiger partial charge is 0.506 e. The number of rotatable bonds is 8. The topological polar surface area (TPSA) is 77.7 Å². The first kappa shape index (κ1) is 33.4. The Labute approximate surface area is 292 Å². The lowest BCUT2D eigenvalue weighted by Gasteiger charge is -2.29. The molecular formula is C44H45N2O4+. The number of allylic oxidation sites excluding steroid dienone is 4. The van der Waals surface area contributed by atoms with Gasteiger partial charge in [0.1, 0.15) is 12.3 Å². The van der Waals surface area contributed by atoms with Crippen LogP contribution in [0.4, 0.5) is 11.4 Å². The molecule has 0 saturated heterocycles. The third kappa shape index (κ3) is 4.99. The Morgan fingerprint density at radius 1 is 0.740 bits per heavy atom. The molecule has 0 saturated carbocycles. The van der Waals surface area contributed by atoms with E-state index in [0.717, 1.165) is 61.6 Å². The zero-order chi connectivity index (χ0) is 35.5. The summed E-state index contributed by atoms with van der Waals surface area (Å²) >= 11 is 0. The molecule has 0 fully saturated rings. The van der Waals surface area contributed by atoms with Crippen molar-refractivity contribution in [3.8, 4) is 0 Å². The van der Waals surface area contributed by atoms with Crippen LogP contribution in [0.1, 0.15) is 78.4 Å². The van der Waals surface area contributed by atoms with E-state index in [2.05, 4.69) is 75.3 Å². The Morgan fingerprint density at radius 2 is 1.36 bits per heavy atom. The van der Waals surface area contributed by atoms with Gasteiger partial charge >= 0.3 is 0 Å². The van der Waals surface area contributed by atoms with Crippen LogP contribution in [0.25, 0.3) is 11.6 Å². The quantitative estimate of drug-likeness (QED) is 0.225. The van der Waals surface area contributed by atoms with Gasteiger partial charge in [-0.15, -0.1) is 0 Å². The van der Waals surface area contributed by atoms with Crippen molar-refractivity contribution in [1.82, 2.24) is 0 Å². The molecule has 2 heterocycles. The van der Waals surface area contributed by atoms with Crippen molar-refractivity contribution in [2.24, 2.45) is 0 Å². The maximum atomic E-state index is 13.5. The van der Waals surface area contributed by atoms with E-state index >= 15 is 0 Å². The highest BCUT2D eigenvalue weighted by Gasteiger charge is 2.45. The van der Waals surface area contributed by atoms with Gasteiger partial charge in [-0.3, -0.25) is 14.4 Å². The fraction of sp³-hybridized carbons (Fsp3) is 0.318. The molecule has 254 valence electrons. The van der Waals surface area contributed by atoms with Crippen LogP contribution in [0, 0.1) is 10.4 Å². The second-order valence-corrected chi connectivity index (χ2v) is 14.8. The maximum absolute atomic E-state index is 13.5. The summed E-state index contributed by atoms with van der Waals surface area (Å²) < 4.78 is 2.26. The summed E-state index contributed by atoms with van der Waals surface area (Å²) in [6, 6.07) is 23.4. The van der Waals surface area contributed by atoms with Gasteiger partial charge in [-0.05, 0) is 48.4 Å². The number of carbonyl (C=O) groups excluding carboxylic acids is 1. The molecule has 2 aliphatic heterocycles. The number of carbonyl (C=O) groups is 1. The van der Waals surface area contributed by atoms with E-state index in [1.165, 1.54) is 11.1 Å². The van der Waals surface area contributed by atoms with E-state index in [-0.39, 0.29) is 49.2 Å². The summed E-state index contributed by atoms with van der Waals surface area (Å²) in [7, 11) is 0. The third-order valence-corrected chi connectivity index (χ3v) is 11.0. The molecule has 0 spiro atoms. The van der Waals surface area contributed by atoms with Gasteiger partial charge in [-0.25, -0.2) is 0 Å². The summed E-state index contributed by atoms with van der Waals surface area (Å²) in [4.78, 5) is 42.9. The SMILES string of the molecule is CCCCN1C(=CC2=C(O)C(=c3ccc(=c4c(=O)c(=CC5=[N+](CCCC)c6ccccc6C5(C)C)c4=O)cc3)C2=O)C(C)(C)c2ccccc21. The van der Waals surface area contributed by atoms with Crippen LogP contribution in [-0.2, 0) is 15.6 Å². The van der Waals surface area contributed by atoms with Gasteiger partial charge in [-0.2, -0.15) is 4.58 Å². The summed E-state index contributed by atoms with van der Waals surface area (Å²) in [6.45, 7) is 14.6. The lowest BCUT2D eigenvalue weighted by atomic mass is 9.80. The Hall–Kier alpha value is -5.10. The van der Waals surface area contributed by atoms with Crippen LogP contribution >= 0.6 is 0 Å². The molecule has 0 unspecified atom stereocenters. The molecule has 3 aliphatic rings. The van der Waals surface area contributed by atoms with Crippen molar-refractivity contribution in [1.29, 1.82) is 0 Å². The average Bonchev–Trinajstić information content (AvgIpc) is 3.46. The van der Waals surface area contributed by atoms with Crippen molar-refractivity contribution >= 4 is 34.5 Å². The Balaban J connectivity index is 1.27. The van der Waals surface area contributed by atoms with E-state index in [9.17, 15) is 19.5 Å². The first-order valence-electron chi connectivity index (χ1n) is 17.9. The van der Waals surface area contributed by atoms with Crippen LogP contribution in [0.2, 0.25) is 0 Å². The summed E-state index contributed by atoms with van der Waals surface area (Å²) in [5, 5.41) is 12.6. The number of nitrogens with zero attached hydrogens (tertiary/aromatic N) is 2. The van der Waals surface area contributed by atoms with Gasteiger partial charge in [0.25, 0.3) is 0 Å². The number of Topliss-reactive ketones (excluding diaryl/α,β-unsaturated/α-hetero) is 1. The summed E-state index contributed by atoms with van der Waals surface area (Å²) in [5.41, 5.74) is 5.96. The van der Waals surface area contributed by atoms with Crippen LogP contribution in [0.15, 0.2) is 105 Å². The van der Waals surface area contributed by atoms with Gasteiger partial charge in [0.15, 0.2) is 5.71 Å².